The number of phenolic OH excluding ortho intramolecular Hbond substituents is 3. The summed E-state index contributed by atoms with van der Waals surface area (Å²) >= 11 is 0. The zero-order valence-electron chi connectivity index (χ0n) is 19.9. The fraction of sp³-hybridized carbons (Fsp3) is 0.133. The molecule has 3 N–H and O–H groups in total. The van der Waals surface area contributed by atoms with Gasteiger partial charge in [-0.3, -0.25) is 0 Å². The van der Waals surface area contributed by atoms with E-state index in [0.717, 1.165) is 16.7 Å². The maximum Gasteiger partial charge on any atom is 0.200 e. The van der Waals surface area contributed by atoms with Crippen molar-refractivity contribution in [3.8, 4) is 34.5 Å². The van der Waals surface area contributed by atoms with Crippen LogP contribution in [0.1, 0.15) is 39.8 Å². The van der Waals surface area contributed by atoms with Gasteiger partial charge in [0.2, 0.25) is 5.75 Å². The average molecular weight is 483 g/mol. The highest BCUT2D eigenvalue weighted by Gasteiger charge is 2.40. The van der Waals surface area contributed by atoms with Gasteiger partial charge < -0.3 is 29.5 Å². The topological polar surface area (TPSA) is 88.4 Å². The Kier molecular flexibility index (Phi) is 6.17. The maximum atomic E-state index is 10.8. The van der Waals surface area contributed by atoms with Crippen LogP contribution in [0, 0.1) is 0 Å². The summed E-state index contributed by atoms with van der Waals surface area (Å²) in [5.74, 6) is 0.410. The molecule has 1 aliphatic rings. The van der Waals surface area contributed by atoms with E-state index in [1.165, 1.54) is 13.2 Å². The largest absolute Gasteiger partial charge is 0.508 e. The Labute approximate surface area is 209 Å². The first-order valence-corrected chi connectivity index (χ1v) is 11.5. The normalized spacial score (nSPS) is 16.5. The predicted octanol–water partition coefficient (Wildman–Crippen LogP) is 6.26. The molecule has 6 heteroatoms. The predicted molar refractivity (Wildman–Crippen MR) is 138 cm³/mol. The molecule has 1 aliphatic heterocycles. The third-order valence-electron chi connectivity index (χ3n) is 6.40. The van der Waals surface area contributed by atoms with E-state index in [4.69, 9.17) is 14.2 Å². The van der Waals surface area contributed by atoms with Crippen LogP contribution in [0.2, 0.25) is 0 Å². The molecule has 2 atom stereocenters. The first-order valence-electron chi connectivity index (χ1n) is 11.5. The lowest BCUT2D eigenvalue weighted by Gasteiger charge is -2.22. The van der Waals surface area contributed by atoms with E-state index in [9.17, 15) is 15.3 Å². The van der Waals surface area contributed by atoms with Gasteiger partial charge in [0, 0.05) is 22.8 Å². The van der Waals surface area contributed by atoms with Gasteiger partial charge in [0.15, 0.2) is 11.5 Å². The molecule has 0 saturated heterocycles. The van der Waals surface area contributed by atoms with Crippen molar-refractivity contribution in [1.82, 2.24) is 0 Å². The van der Waals surface area contributed by atoms with E-state index in [0.29, 0.717) is 22.6 Å². The standard InChI is InChI=1S/C30H26O6/c1-34-21-14-19(13-12-18-8-4-3-5-9-18)27-25(17-21)36-30(28(27)22-10-6-7-11-23(22)31)20-15-24(32)29(33)26(16-20)35-2/h3-17,28,30-33H,1-2H3/b13-12+/t28-,30+/m0/s1. The SMILES string of the molecule is COc1cc(/C=C/c2ccccc2)c2c(c1)O[C@H](c1cc(O)c(O)c(OC)c1)[C@H]2c1ccccc1O. The van der Waals surface area contributed by atoms with Crippen LogP contribution in [-0.4, -0.2) is 29.5 Å². The van der Waals surface area contributed by atoms with Crippen molar-refractivity contribution in [2.45, 2.75) is 12.0 Å². The van der Waals surface area contributed by atoms with Crippen molar-refractivity contribution < 1.29 is 29.5 Å². The maximum absolute atomic E-state index is 10.8. The minimum atomic E-state index is -0.621. The van der Waals surface area contributed by atoms with Gasteiger partial charge in [-0.2, -0.15) is 0 Å². The van der Waals surface area contributed by atoms with Crippen LogP contribution in [0.5, 0.6) is 34.5 Å². The second kappa shape index (κ2) is 9.58. The lowest BCUT2D eigenvalue weighted by molar-refractivity contribution is 0.218. The van der Waals surface area contributed by atoms with Gasteiger partial charge in [-0.15, -0.1) is 0 Å². The highest BCUT2D eigenvalue weighted by molar-refractivity contribution is 5.75. The zero-order valence-corrected chi connectivity index (χ0v) is 19.9. The van der Waals surface area contributed by atoms with Crippen molar-refractivity contribution in [2.75, 3.05) is 14.2 Å². The monoisotopic (exact) mass is 482 g/mol. The number of methoxy groups -OCH3 is 2. The molecular formula is C30H26O6. The Morgan fingerprint density at radius 1 is 0.778 bits per heavy atom. The molecule has 1 heterocycles. The minimum Gasteiger partial charge on any atom is -0.508 e. The highest BCUT2D eigenvalue weighted by atomic mass is 16.5. The fourth-order valence-electron chi connectivity index (χ4n) is 4.68. The van der Waals surface area contributed by atoms with Gasteiger partial charge in [-0.25, -0.2) is 0 Å². The zero-order chi connectivity index (χ0) is 25.2. The average Bonchev–Trinajstić information content (AvgIpc) is 3.29. The number of phenols is 3. The summed E-state index contributed by atoms with van der Waals surface area (Å²) in [6.07, 6.45) is 3.40. The number of para-hydroxylation sites is 1. The number of aromatic hydroxyl groups is 3. The molecule has 0 aliphatic carbocycles. The number of ether oxygens (including phenoxy) is 3. The molecule has 0 fully saturated rings. The molecule has 0 spiro atoms. The van der Waals surface area contributed by atoms with Crippen LogP contribution in [0.3, 0.4) is 0 Å². The Hall–Kier alpha value is -4.58. The summed E-state index contributed by atoms with van der Waals surface area (Å²) in [5.41, 5.74) is 4.05. The van der Waals surface area contributed by atoms with E-state index < -0.39 is 12.0 Å². The molecule has 0 unspecified atom stereocenters. The van der Waals surface area contributed by atoms with Gasteiger partial charge in [-0.05, 0) is 35.4 Å². The molecule has 5 rings (SSSR count). The van der Waals surface area contributed by atoms with Gasteiger partial charge in [0.25, 0.3) is 0 Å². The van der Waals surface area contributed by atoms with Crippen LogP contribution in [0.4, 0.5) is 0 Å². The molecule has 182 valence electrons. The Balaban J connectivity index is 1.71. The molecule has 0 amide bonds. The van der Waals surface area contributed by atoms with Gasteiger partial charge in [0.1, 0.15) is 23.4 Å². The first-order chi connectivity index (χ1) is 17.5. The second-order valence-corrected chi connectivity index (χ2v) is 8.54. The van der Waals surface area contributed by atoms with E-state index in [-0.39, 0.29) is 23.0 Å². The lowest BCUT2D eigenvalue weighted by atomic mass is 9.82. The molecule has 6 nitrogen and oxygen atoms in total. The van der Waals surface area contributed by atoms with Crippen LogP contribution in [0.15, 0.2) is 78.9 Å². The minimum absolute atomic E-state index is 0.127. The Bertz CT molecular complexity index is 1430. The van der Waals surface area contributed by atoms with Crippen molar-refractivity contribution in [3.05, 3.63) is 107 Å². The van der Waals surface area contributed by atoms with E-state index in [1.54, 1.807) is 25.3 Å². The van der Waals surface area contributed by atoms with Gasteiger partial charge in [0.05, 0.1) is 20.1 Å². The number of benzene rings is 4. The van der Waals surface area contributed by atoms with E-state index in [2.05, 4.69) is 0 Å². The van der Waals surface area contributed by atoms with Crippen LogP contribution in [0.25, 0.3) is 12.2 Å². The summed E-state index contributed by atoms with van der Waals surface area (Å²) in [6, 6.07) is 23.9. The van der Waals surface area contributed by atoms with Crippen LogP contribution in [-0.2, 0) is 0 Å². The molecular weight excluding hydrogens is 456 g/mol. The van der Waals surface area contributed by atoms with Crippen molar-refractivity contribution in [1.29, 1.82) is 0 Å². The lowest BCUT2D eigenvalue weighted by Crippen LogP contribution is -2.12. The second-order valence-electron chi connectivity index (χ2n) is 8.54. The molecule has 0 radical (unpaired) electrons. The van der Waals surface area contributed by atoms with Gasteiger partial charge >= 0.3 is 0 Å². The first kappa shape index (κ1) is 23.2. The summed E-state index contributed by atoms with van der Waals surface area (Å²) in [6.45, 7) is 0. The smallest absolute Gasteiger partial charge is 0.200 e. The van der Waals surface area contributed by atoms with Crippen LogP contribution < -0.4 is 14.2 Å². The number of rotatable bonds is 6. The van der Waals surface area contributed by atoms with Crippen molar-refractivity contribution >= 4 is 12.2 Å². The van der Waals surface area contributed by atoms with E-state index >= 15 is 0 Å². The Morgan fingerprint density at radius 2 is 1.53 bits per heavy atom. The quantitative estimate of drug-likeness (QED) is 0.222. The third kappa shape index (κ3) is 4.18. The molecule has 4 aromatic carbocycles. The number of hydrogen-bond acceptors (Lipinski definition) is 6. The number of fused-ring (bicyclic) bond motifs is 1. The fourth-order valence-corrected chi connectivity index (χ4v) is 4.68. The van der Waals surface area contributed by atoms with Gasteiger partial charge in [-0.1, -0.05) is 60.7 Å². The highest BCUT2D eigenvalue weighted by Crippen LogP contribution is 2.55. The summed E-state index contributed by atoms with van der Waals surface area (Å²) < 4.78 is 17.3. The summed E-state index contributed by atoms with van der Waals surface area (Å²) in [4.78, 5) is 0. The summed E-state index contributed by atoms with van der Waals surface area (Å²) in [7, 11) is 3.02. The molecule has 0 bridgehead atoms. The van der Waals surface area contributed by atoms with Crippen molar-refractivity contribution in [3.63, 3.8) is 0 Å². The number of hydrogen-bond donors (Lipinski definition) is 3. The van der Waals surface area contributed by atoms with Crippen LogP contribution >= 0.6 is 0 Å². The molecule has 4 aromatic rings. The Morgan fingerprint density at radius 3 is 2.25 bits per heavy atom. The van der Waals surface area contributed by atoms with Crippen molar-refractivity contribution in [2.24, 2.45) is 0 Å². The molecule has 36 heavy (non-hydrogen) atoms. The third-order valence-corrected chi connectivity index (χ3v) is 6.40. The summed E-state index contributed by atoms with van der Waals surface area (Å²) in [5, 5.41) is 31.4. The molecule has 0 saturated carbocycles. The molecule has 0 aromatic heterocycles. The van der Waals surface area contributed by atoms with E-state index in [1.807, 2.05) is 66.7 Å².